The van der Waals surface area contributed by atoms with Gasteiger partial charge in [-0.15, -0.1) is 0 Å². The van der Waals surface area contributed by atoms with Gasteiger partial charge in [0.05, 0.1) is 0 Å². The molecular formula is C16H21N5O2. The summed E-state index contributed by atoms with van der Waals surface area (Å²) in [4.78, 5) is 27.9. The van der Waals surface area contributed by atoms with E-state index in [4.69, 9.17) is 0 Å². The highest BCUT2D eigenvalue weighted by Crippen LogP contribution is 2.05. The summed E-state index contributed by atoms with van der Waals surface area (Å²) in [7, 11) is 0. The van der Waals surface area contributed by atoms with Crippen molar-refractivity contribution in [3.05, 3.63) is 48.5 Å². The molecule has 0 aliphatic rings. The molecule has 0 saturated carbocycles. The second-order valence-corrected chi connectivity index (χ2v) is 5.15. The lowest BCUT2D eigenvalue weighted by Gasteiger charge is -2.15. The topological polar surface area (TPSA) is 88.1 Å². The first-order chi connectivity index (χ1) is 11.1. The summed E-state index contributed by atoms with van der Waals surface area (Å²) < 4.78 is 1.94. The highest BCUT2D eigenvalue weighted by molar-refractivity contribution is 5.96. The van der Waals surface area contributed by atoms with Crippen LogP contribution in [0.5, 0.6) is 0 Å². The normalized spacial score (nSPS) is 11.6. The molecule has 1 aromatic heterocycles. The highest BCUT2D eigenvalue weighted by atomic mass is 16.2. The Morgan fingerprint density at radius 2 is 2.00 bits per heavy atom. The third kappa shape index (κ3) is 5.14. The maximum Gasteiger partial charge on any atom is 0.315 e. The van der Waals surface area contributed by atoms with Crippen molar-refractivity contribution in [2.45, 2.75) is 26.4 Å². The van der Waals surface area contributed by atoms with Crippen LogP contribution in [-0.4, -0.2) is 34.1 Å². The first-order valence-electron chi connectivity index (χ1n) is 7.44. The van der Waals surface area contributed by atoms with E-state index < -0.39 is 6.04 Å². The lowest BCUT2D eigenvalue weighted by Crippen LogP contribution is -2.46. The van der Waals surface area contributed by atoms with Gasteiger partial charge in [0.25, 0.3) is 0 Å². The van der Waals surface area contributed by atoms with E-state index in [-0.39, 0.29) is 11.9 Å². The molecule has 7 heteroatoms. The van der Waals surface area contributed by atoms with Gasteiger partial charge in [-0.05, 0) is 26.0 Å². The first-order valence-corrected chi connectivity index (χ1v) is 7.44. The number of carbonyl (C=O) groups is 2. The molecule has 1 atom stereocenters. The van der Waals surface area contributed by atoms with Crippen LogP contribution in [0.3, 0.4) is 0 Å². The molecule has 1 unspecified atom stereocenters. The summed E-state index contributed by atoms with van der Waals surface area (Å²) in [5.74, 6) is 0.625. The van der Waals surface area contributed by atoms with Crippen molar-refractivity contribution in [1.29, 1.82) is 0 Å². The molecule has 2 rings (SSSR count). The zero-order valence-electron chi connectivity index (χ0n) is 13.2. The third-order valence-corrected chi connectivity index (χ3v) is 3.34. The molecule has 23 heavy (non-hydrogen) atoms. The lowest BCUT2D eigenvalue weighted by atomic mass is 10.2. The molecule has 0 fully saturated rings. The van der Waals surface area contributed by atoms with Crippen molar-refractivity contribution < 1.29 is 9.59 Å². The largest absolute Gasteiger partial charge is 0.336 e. The van der Waals surface area contributed by atoms with Crippen LogP contribution in [0.15, 0.2) is 42.7 Å². The van der Waals surface area contributed by atoms with E-state index in [1.54, 1.807) is 25.3 Å². The summed E-state index contributed by atoms with van der Waals surface area (Å²) in [6.45, 7) is 4.62. The number of para-hydroxylation sites is 1. The van der Waals surface area contributed by atoms with Gasteiger partial charge in [-0.2, -0.15) is 0 Å². The second-order valence-electron chi connectivity index (χ2n) is 5.15. The van der Waals surface area contributed by atoms with Crippen LogP contribution in [0.25, 0.3) is 0 Å². The van der Waals surface area contributed by atoms with Crippen molar-refractivity contribution in [1.82, 2.24) is 20.2 Å². The quantitative estimate of drug-likeness (QED) is 0.755. The zero-order valence-corrected chi connectivity index (χ0v) is 13.2. The molecule has 3 N–H and O–H groups in total. The van der Waals surface area contributed by atoms with Crippen LogP contribution in [0.4, 0.5) is 10.5 Å². The Kier molecular flexibility index (Phi) is 5.74. The number of amides is 3. The van der Waals surface area contributed by atoms with E-state index in [1.807, 2.05) is 35.9 Å². The molecule has 1 heterocycles. The van der Waals surface area contributed by atoms with Gasteiger partial charge < -0.3 is 20.5 Å². The van der Waals surface area contributed by atoms with Gasteiger partial charge in [0.15, 0.2) is 0 Å². The Bertz CT molecular complexity index is 654. The van der Waals surface area contributed by atoms with Gasteiger partial charge >= 0.3 is 6.03 Å². The van der Waals surface area contributed by atoms with Gasteiger partial charge in [0.2, 0.25) is 5.91 Å². The van der Waals surface area contributed by atoms with Crippen molar-refractivity contribution >= 4 is 17.6 Å². The van der Waals surface area contributed by atoms with Crippen LogP contribution < -0.4 is 16.0 Å². The number of urea groups is 1. The monoisotopic (exact) mass is 315 g/mol. The number of nitrogens with zero attached hydrogens (tertiary/aromatic N) is 2. The SMILES string of the molecule is Cc1nccn1CCNC(=O)NC(C)C(=O)Nc1ccccc1. The number of hydrogen-bond acceptors (Lipinski definition) is 3. The summed E-state index contributed by atoms with van der Waals surface area (Å²) in [6, 6.07) is 8.10. The summed E-state index contributed by atoms with van der Waals surface area (Å²) in [6.07, 6.45) is 3.57. The van der Waals surface area contributed by atoms with E-state index in [2.05, 4.69) is 20.9 Å². The van der Waals surface area contributed by atoms with Gasteiger partial charge in [0, 0.05) is 31.2 Å². The Morgan fingerprint density at radius 1 is 1.26 bits per heavy atom. The fourth-order valence-corrected chi connectivity index (χ4v) is 2.02. The van der Waals surface area contributed by atoms with E-state index in [1.165, 1.54) is 0 Å². The summed E-state index contributed by atoms with van der Waals surface area (Å²) >= 11 is 0. The molecule has 0 spiro atoms. The lowest BCUT2D eigenvalue weighted by molar-refractivity contribution is -0.117. The van der Waals surface area contributed by atoms with E-state index in [0.29, 0.717) is 18.8 Å². The van der Waals surface area contributed by atoms with E-state index >= 15 is 0 Å². The number of nitrogens with one attached hydrogen (secondary N) is 3. The van der Waals surface area contributed by atoms with Crippen molar-refractivity contribution in [2.75, 3.05) is 11.9 Å². The van der Waals surface area contributed by atoms with Crippen LogP contribution in [0.1, 0.15) is 12.7 Å². The third-order valence-electron chi connectivity index (χ3n) is 3.34. The molecule has 0 aliphatic carbocycles. The maximum atomic E-state index is 12.0. The van der Waals surface area contributed by atoms with Crippen molar-refractivity contribution in [2.24, 2.45) is 0 Å². The summed E-state index contributed by atoms with van der Waals surface area (Å²) in [5.41, 5.74) is 0.696. The fourth-order valence-electron chi connectivity index (χ4n) is 2.02. The smallest absolute Gasteiger partial charge is 0.315 e. The van der Waals surface area contributed by atoms with E-state index in [0.717, 1.165) is 5.82 Å². The number of benzene rings is 1. The Morgan fingerprint density at radius 3 is 2.65 bits per heavy atom. The fraction of sp³-hybridized carbons (Fsp3) is 0.312. The van der Waals surface area contributed by atoms with Crippen molar-refractivity contribution in [3.8, 4) is 0 Å². The number of aromatic nitrogens is 2. The van der Waals surface area contributed by atoms with Crippen LogP contribution in [0.2, 0.25) is 0 Å². The average Bonchev–Trinajstić information content (AvgIpc) is 2.93. The zero-order chi connectivity index (χ0) is 16.7. The average molecular weight is 315 g/mol. The molecule has 0 saturated heterocycles. The Hall–Kier alpha value is -2.83. The van der Waals surface area contributed by atoms with Crippen LogP contribution >= 0.6 is 0 Å². The van der Waals surface area contributed by atoms with Gasteiger partial charge in [-0.3, -0.25) is 4.79 Å². The predicted molar refractivity (Wildman–Crippen MR) is 88.0 cm³/mol. The highest BCUT2D eigenvalue weighted by Gasteiger charge is 2.15. The maximum absolute atomic E-state index is 12.0. The molecule has 122 valence electrons. The number of imidazole rings is 1. The minimum absolute atomic E-state index is 0.267. The van der Waals surface area contributed by atoms with Crippen molar-refractivity contribution in [3.63, 3.8) is 0 Å². The second kappa shape index (κ2) is 7.98. The molecule has 0 aliphatic heterocycles. The number of aryl methyl sites for hydroxylation is 1. The molecular weight excluding hydrogens is 294 g/mol. The molecule has 0 radical (unpaired) electrons. The number of rotatable bonds is 6. The first kappa shape index (κ1) is 16.5. The number of hydrogen-bond donors (Lipinski definition) is 3. The minimum Gasteiger partial charge on any atom is -0.336 e. The Balaban J connectivity index is 1.71. The molecule has 0 bridgehead atoms. The van der Waals surface area contributed by atoms with Gasteiger partial charge in [-0.25, -0.2) is 9.78 Å². The van der Waals surface area contributed by atoms with Gasteiger partial charge in [-0.1, -0.05) is 18.2 Å². The number of carbonyl (C=O) groups excluding carboxylic acids is 2. The molecule has 1 aromatic carbocycles. The summed E-state index contributed by atoms with van der Waals surface area (Å²) in [5, 5.41) is 8.07. The molecule has 2 aromatic rings. The predicted octanol–water partition coefficient (Wildman–Crippen LogP) is 1.52. The van der Waals surface area contributed by atoms with Crippen LogP contribution in [0, 0.1) is 6.92 Å². The Labute approximate surface area is 135 Å². The minimum atomic E-state index is -0.634. The standard InChI is InChI=1S/C16H21N5O2/c1-12(15(22)20-14-6-4-3-5-7-14)19-16(23)18-9-11-21-10-8-17-13(21)2/h3-8,10,12H,9,11H2,1-2H3,(H,20,22)(H2,18,19,23). The molecule has 7 nitrogen and oxygen atoms in total. The van der Waals surface area contributed by atoms with E-state index in [9.17, 15) is 9.59 Å². The molecule has 3 amide bonds. The van der Waals surface area contributed by atoms with Crippen LogP contribution in [-0.2, 0) is 11.3 Å². The number of anilines is 1. The van der Waals surface area contributed by atoms with Gasteiger partial charge in [0.1, 0.15) is 11.9 Å².